The van der Waals surface area contributed by atoms with E-state index >= 15 is 0 Å². The largest absolute Gasteiger partial charge is 0.378 e. The summed E-state index contributed by atoms with van der Waals surface area (Å²) in [6.45, 7) is 2.53. The number of thioether (sulfide) groups is 2. The van der Waals surface area contributed by atoms with Gasteiger partial charge in [0.1, 0.15) is 10.3 Å². The van der Waals surface area contributed by atoms with E-state index in [1.807, 2.05) is 23.5 Å². The first-order chi connectivity index (χ1) is 9.17. The molecule has 19 heavy (non-hydrogen) atoms. The van der Waals surface area contributed by atoms with Crippen LogP contribution in [0.2, 0.25) is 0 Å². The molecule has 4 nitrogen and oxygen atoms in total. The molecule has 0 bridgehead atoms. The van der Waals surface area contributed by atoms with Crippen LogP contribution in [-0.4, -0.2) is 33.8 Å². The first-order valence-electron chi connectivity index (χ1n) is 6.18. The monoisotopic (exact) mass is 364 g/mol. The molecule has 2 heterocycles. The number of hydrogen-bond donors (Lipinski definition) is 1. The Morgan fingerprint density at radius 1 is 1.47 bits per heavy atom. The van der Waals surface area contributed by atoms with Crippen molar-refractivity contribution in [2.45, 2.75) is 30.5 Å². The van der Waals surface area contributed by atoms with E-state index in [0.29, 0.717) is 22.0 Å². The number of halogens is 1. The molecule has 2 rings (SSSR count). The molecule has 0 amide bonds. The molecule has 1 aliphatic heterocycles. The van der Waals surface area contributed by atoms with Crippen LogP contribution >= 0.6 is 39.5 Å². The van der Waals surface area contributed by atoms with E-state index in [4.69, 9.17) is 4.74 Å². The average molecular weight is 365 g/mol. The van der Waals surface area contributed by atoms with Crippen LogP contribution in [0.15, 0.2) is 9.27 Å². The second-order valence-corrected chi connectivity index (χ2v) is 7.64. The van der Waals surface area contributed by atoms with E-state index in [1.165, 1.54) is 5.75 Å². The maximum Gasteiger partial charge on any atom is 0.265 e. The number of nitrogens with zero attached hydrogens (tertiary/aromatic N) is 1. The topological polar surface area (TPSA) is 55.0 Å². The molecule has 1 saturated heterocycles. The molecule has 1 aliphatic rings. The molecule has 0 aromatic carbocycles. The normalized spacial score (nSPS) is 23.5. The van der Waals surface area contributed by atoms with Gasteiger partial charge in [-0.15, -0.1) is 11.8 Å². The number of nitrogens with one attached hydrogen (secondary N) is 1. The zero-order valence-electron chi connectivity index (χ0n) is 10.9. The molecule has 1 aromatic rings. The Labute approximate surface area is 129 Å². The van der Waals surface area contributed by atoms with E-state index in [1.54, 1.807) is 7.11 Å². The number of ether oxygens (including phenoxy) is 1. The Morgan fingerprint density at radius 2 is 2.21 bits per heavy atom. The van der Waals surface area contributed by atoms with Crippen molar-refractivity contribution in [2.75, 3.05) is 18.6 Å². The van der Waals surface area contributed by atoms with Crippen LogP contribution < -0.4 is 5.56 Å². The van der Waals surface area contributed by atoms with E-state index in [2.05, 4.69) is 32.8 Å². The van der Waals surface area contributed by atoms with E-state index in [-0.39, 0.29) is 10.8 Å². The lowest BCUT2D eigenvalue weighted by Gasteiger charge is -2.29. The molecule has 0 spiro atoms. The van der Waals surface area contributed by atoms with Gasteiger partial charge in [-0.05, 0) is 22.4 Å². The lowest BCUT2D eigenvalue weighted by Crippen LogP contribution is -2.24. The zero-order chi connectivity index (χ0) is 13.8. The molecule has 106 valence electrons. The number of aromatic nitrogens is 2. The summed E-state index contributed by atoms with van der Waals surface area (Å²) < 4.78 is 5.57. The number of aromatic amines is 1. The van der Waals surface area contributed by atoms with Crippen molar-refractivity contribution in [2.24, 2.45) is 0 Å². The zero-order valence-corrected chi connectivity index (χ0v) is 14.2. The Hall–Kier alpha value is 0.0200. The average Bonchev–Trinajstić information content (AvgIpc) is 2.43. The van der Waals surface area contributed by atoms with Gasteiger partial charge in [-0.2, -0.15) is 11.8 Å². The molecule has 7 heteroatoms. The highest BCUT2D eigenvalue weighted by molar-refractivity contribution is 9.10. The predicted octanol–water partition coefficient (Wildman–Crippen LogP) is 2.98. The van der Waals surface area contributed by atoms with Crippen molar-refractivity contribution in [1.82, 2.24) is 9.97 Å². The molecule has 2 unspecified atom stereocenters. The SMILES string of the molecule is CCC1SCCSC1c1nc(COC)c(Br)c(=O)[nH]1. The van der Waals surface area contributed by atoms with Gasteiger partial charge in [0.2, 0.25) is 0 Å². The smallest absolute Gasteiger partial charge is 0.265 e. The fraction of sp³-hybridized carbons (Fsp3) is 0.667. The van der Waals surface area contributed by atoms with Crippen LogP contribution in [0.5, 0.6) is 0 Å². The van der Waals surface area contributed by atoms with Gasteiger partial charge in [-0.25, -0.2) is 4.98 Å². The van der Waals surface area contributed by atoms with Gasteiger partial charge in [-0.1, -0.05) is 6.92 Å². The molecule has 2 atom stereocenters. The number of rotatable bonds is 4. The van der Waals surface area contributed by atoms with Gasteiger partial charge in [-0.3, -0.25) is 4.79 Å². The van der Waals surface area contributed by atoms with Crippen molar-refractivity contribution >= 4 is 39.5 Å². The molecule has 0 radical (unpaired) electrons. The highest BCUT2D eigenvalue weighted by Crippen LogP contribution is 2.42. The first-order valence-corrected chi connectivity index (χ1v) is 9.07. The highest BCUT2D eigenvalue weighted by Gasteiger charge is 2.29. The third-order valence-corrected chi connectivity index (χ3v) is 7.03. The quantitative estimate of drug-likeness (QED) is 0.889. The molecule has 1 fully saturated rings. The maximum atomic E-state index is 12.0. The Kier molecular flexibility index (Phi) is 5.80. The van der Waals surface area contributed by atoms with Gasteiger partial charge in [0.05, 0.1) is 17.6 Å². The summed E-state index contributed by atoms with van der Waals surface area (Å²) in [6.07, 6.45) is 1.09. The van der Waals surface area contributed by atoms with E-state index in [9.17, 15) is 4.79 Å². The fourth-order valence-corrected chi connectivity index (χ4v) is 5.36. The van der Waals surface area contributed by atoms with Gasteiger partial charge >= 0.3 is 0 Å². The predicted molar refractivity (Wildman–Crippen MR) is 85.0 cm³/mol. The van der Waals surface area contributed by atoms with Crippen LogP contribution in [0.4, 0.5) is 0 Å². The third kappa shape index (κ3) is 3.56. The van der Waals surface area contributed by atoms with Crippen molar-refractivity contribution in [1.29, 1.82) is 0 Å². The van der Waals surface area contributed by atoms with Crippen molar-refractivity contribution in [3.63, 3.8) is 0 Å². The summed E-state index contributed by atoms with van der Waals surface area (Å²) in [5.41, 5.74) is 0.551. The van der Waals surface area contributed by atoms with Gasteiger partial charge in [0.25, 0.3) is 5.56 Å². The van der Waals surface area contributed by atoms with Crippen molar-refractivity contribution < 1.29 is 4.74 Å². The van der Waals surface area contributed by atoms with Crippen LogP contribution in [-0.2, 0) is 11.3 Å². The van der Waals surface area contributed by atoms with E-state index < -0.39 is 0 Å². The lowest BCUT2D eigenvalue weighted by molar-refractivity contribution is 0.180. The Morgan fingerprint density at radius 3 is 2.89 bits per heavy atom. The van der Waals surface area contributed by atoms with Crippen molar-refractivity contribution in [3.05, 3.63) is 26.3 Å². The minimum Gasteiger partial charge on any atom is -0.378 e. The molecule has 0 saturated carbocycles. The second kappa shape index (κ2) is 7.15. The van der Waals surface area contributed by atoms with Crippen LogP contribution in [0, 0.1) is 0 Å². The fourth-order valence-electron chi connectivity index (χ4n) is 2.05. The number of H-pyrrole nitrogens is 1. The summed E-state index contributed by atoms with van der Waals surface area (Å²) in [4.78, 5) is 19.4. The summed E-state index contributed by atoms with van der Waals surface area (Å²) in [5.74, 6) is 3.06. The minimum atomic E-state index is -0.122. The molecule has 1 aromatic heterocycles. The van der Waals surface area contributed by atoms with E-state index in [0.717, 1.165) is 18.0 Å². The van der Waals surface area contributed by atoms with Gasteiger partial charge in [0, 0.05) is 23.9 Å². The van der Waals surface area contributed by atoms with Gasteiger partial charge in [0.15, 0.2) is 0 Å². The minimum absolute atomic E-state index is 0.122. The third-order valence-electron chi connectivity index (χ3n) is 2.95. The summed E-state index contributed by atoms with van der Waals surface area (Å²) in [6, 6.07) is 0. The molecule has 1 N–H and O–H groups in total. The standard InChI is InChI=1S/C12H17BrN2O2S2/c1-3-8-10(19-5-4-18-8)11-14-7(6-17-2)9(13)12(16)15-11/h8,10H,3-6H2,1-2H3,(H,14,15,16). The molecular formula is C12H17BrN2O2S2. The van der Waals surface area contributed by atoms with Crippen LogP contribution in [0.3, 0.4) is 0 Å². The molecular weight excluding hydrogens is 348 g/mol. The van der Waals surface area contributed by atoms with Crippen LogP contribution in [0.25, 0.3) is 0 Å². The maximum absolute atomic E-state index is 12.0. The highest BCUT2D eigenvalue weighted by atomic mass is 79.9. The Bertz CT molecular complexity index is 495. The molecule has 0 aliphatic carbocycles. The first kappa shape index (κ1) is 15.4. The number of methoxy groups -OCH3 is 1. The summed E-state index contributed by atoms with van der Waals surface area (Å²) in [7, 11) is 1.61. The lowest BCUT2D eigenvalue weighted by atomic mass is 10.2. The second-order valence-electron chi connectivity index (χ2n) is 4.25. The van der Waals surface area contributed by atoms with Gasteiger partial charge < -0.3 is 9.72 Å². The number of hydrogen-bond acceptors (Lipinski definition) is 5. The Balaban J connectivity index is 2.35. The summed E-state index contributed by atoms with van der Waals surface area (Å²) in [5, 5.41) is 0.777. The van der Waals surface area contributed by atoms with Crippen molar-refractivity contribution in [3.8, 4) is 0 Å². The summed E-state index contributed by atoms with van der Waals surface area (Å²) >= 11 is 7.12. The van der Waals surface area contributed by atoms with Crippen LogP contribution in [0.1, 0.15) is 30.1 Å².